The van der Waals surface area contributed by atoms with E-state index in [-0.39, 0.29) is 5.91 Å². The molecule has 0 atom stereocenters. The minimum atomic E-state index is -0.374. The summed E-state index contributed by atoms with van der Waals surface area (Å²) in [5, 5.41) is 13.6. The standard InChI is InChI=1S/C22H17ClN4O2S/c23-16-9-7-15(8-10-16)14-29-21-6-2-1-5-18(21)19-12-20(26-25-19)22(28)27-24-13-17-4-3-11-30-17/h1-13H,14H2,(H,25,26)(H,27,28)/b24-13-. The quantitative estimate of drug-likeness (QED) is 0.311. The van der Waals surface area contributed by atoms with Crippen LogP contribution in [0.1, 0.15) is 20.9 Å². The highest BCUT2D eigenvalue weighted by atomic mass is 35.5. The van der Waals surface area contributed by atoms with Crippen LogP contribution < -0.4 is 10.2 Å². The van der Waals surface area contributed by atoms with E-state index in [0.29, 0.717) is 28.8 Å². The lowest BCUT2D eigenvalue weighted by Crippen LogP contribution is -2.17. The molecule has 0 spiro atoms. The molecule has 8 heteroatoms. The first-order valence-electron chi connectivity index (χ1n) is 9.08. The highest BCUT2D eigenvalue weighted by Gasteiger charge is 2.13. The lowest BCUT2D eigenvalue weighted by atomic mass is 10.1. The molecule has 0 unspecified atom stereocenters. The average Bonchev–Trinajstić information content (AvgIpc) is 3.46. The third kappa shape index (κ3) is 4.94. The molecule has 0 aliphatic rings. The molecule has 150 valence electrons. The Balaban J connectivity index is 1.45. The molecule has 6 nitrogen and oxygen atoms in total. The van der Waals surface area contributed by atoms with E-state index in [1.807, 2.05) is 66.0 Å². The van der Waals surface area contributed by atoms with Gasteiger partial charge in [0, 0.05) is 15.5 Å². The first-order valence-corrected chi connectivity index (χ1v) is 10.3. The molecular weight excluding hydrogens is 420 g/mol. The first-order chi connectivity index (χ1) is 14.7. The van der Waals surface area contributed by atoms with Crippen molar-refractivity contribution < 1.29 is 9.53 Å². The molecule has 0 radical (unpaired) electrons. The van der Waals surface area contributed by atoms with E-state index in [2.05, 4.69) is 20.7 Å². The van der Waals surface area contributed by atoms with Gasteiger partial charge in [-0.15, -0.1) is 11.3 Å². The number of nitrogens with zero attached hydrogens (tertiary/aromatic N) is 2. The Hall–Kier alpha value is -3.42. The third-order valence-electron chi connectivity index (χ3n) is 4.19. The Morgan fingerprint density at radius 3 is 2.80 bits per heavy atom. The highest BCUT2D eigenvalue weighted by molar-refractivity contribution is 7.11. The predicted molar refractivity (Wildman–Crippen MR) is 119 cm³/mol. The smallest absolute Gasteiger partial charge is 0.289 e. The van der Waals surface area contributed by atoms with Crippen LogP contribution in [-0.2, 0) is 6.61 Å². The van der Waals surface area contributed by atoms with Crippen LogP contribution in [0.15, 0.2) is 77.2 Å². The van der Waals surface area contributed by atoms with Gasteiger partial charge in [0.05, 0.1) is 11.9 Å². The van der Waals surface area contributed by atoms with Gasteiger partial charge < -0.3 is 4.74 Å². The number of benzene rings is 2. The summed E-state index contributed by atoms with van der Waals surface area (Å²) in [6.07, 6.45) is 1.60. The Morgan fingerprint density at radius 2 is 2.00 bits per heavy atom. The molecule has 30 heavy (non-hydrogen) atoms. The van der Waals surface area contributed by atoms with Crippen molar-refractivity contribution in [3.63, 3.8) is 0 Å². The maximum absolute atomic E-state index is 12.3. The number of halogens is 1. The van der Waals surface area contributed by atoms with Crippen LogP contribution in [0.25, 0.3) is 11.3 Å². The van der Waals surface area contributed by atoms with Crippen molar-refractivity contribution in [3.8, 4) is 17.0 Å². The van der Waals surface area contributed by atoms with Crippen molar-refractivity contribution in [1.29, 1.82) is 0 Å². The second kappa shape index (κ2) is 9.39. The van der Waals surface area contributed by atoms with Crippen molar-refractivity contribution in [3.05, 3.63) is 93.3 Å². The molecule has 0 saturated heterocycles. The van der Waals surface area contributed by atoms with E-state index in [1.165, 1.54) is 11.3 Å². The molecule has 2 aromatic heterocycles. The number of hydrogen-bond acceptors (Lipinski definition) is 5. The number of thiophene rings is 1. The van der Waals surface area contributed by atoms with Crippen LogP contribution in [0.5, 0.6) is 5.75 Å². The summed E-state index contributed by atoms with van der Waals surface area (Å²) in [7, 11) is 0. The highest BCUT2D eigenvalue weighted by Crippen LogP contribution is 2.29. The number of para-hydroxylation sites is 1. The Bertz CT molecular complexity index is 1150. The third-order valence-corrected chi connectivity index (χ3v) is 5.25. The van der Waals surface area contributed by atoms with Gasteiger partial charge in [-0.2, -0.15) is 10.2 Å². The summed E-state index contributed by atoms with van der Waals surface area (Å²) in [5.74, 6) is 0.294. The predicted octanol–water partition coefficient (Wildman–Crippen LogP) is 5.13. The fourth-order valence-electron chi connectivity index (χ4n) is 2.70. The zero-order valence-corrected chi connectivity index (χ0v) is 17.3. The van der Waals surface area contributed by atoms with Crippen LogP contribution in [0.3, 0.4) is 0 Å². The molecule has 0 aliphatic carbocycles. The van der Waals surface area contributed by atoms with Gasteiger partial charge >= 0.3 is 0 Å². The molecule has 0 saturated carbocycles. The largest absolute Gasteiger partial charge is 0.488 e. The fraction of sp³-hybridized carbons (Fsp3) is 0.0455. The molecule has 2 aromatic carbocycles. The van der Waals surface area contributed by atoms with Gasteiger partial charge in [-0.3, -0.25) is 9.89 Å². The maximum atomic E-state index is 12.3. The van der Waals surface area contributed by atoms with Crippen LogP contribution in [0.4, 0.5) is 0 Å². The monoisotopic (exact) mass is 436 g/mol. The van der Waals surface area contributed by atoms with Crippen LogP contribution in [0.2, 0.25) is 5.02 Å². The normalized spacial score (nSPS) is 11.0. The number of carbonyl (C=O) groups is 1. The molecule has 2 heterocycles. The lowest BCUT2D eigenvalue weighted by molar-refractivity contribution is 0.0950. The number of nitrogens with one attached hydrogen (secondary N) is 2. The molecule has 2 N–H and O–H groups in total. The van der Waals surface area contributed by atoms with E-state index >= 15 is 0 Å². The van der Waals surface area contributed by atoms with E-state index in [9.17, 15) is 4.79 Å². The van der Waals surface area contributed by atoms with Gasteiger partial charge in [0.15, 0.2) is 0 Å². The van der Waals surface area contributed by atoms with Gasteiger partial charge in [0.2, 0.25) is 0 Å². The molecule has 0 aliphatic heterocycles. The van der Waals surface area contributed by atoms with Gasteiger partial charge in [-0.05, 0) is 47.3 Å². The SMILES string of the molecule is O=C(N/N=C\c1cccs1)c1cc(-c2ccccc2OCc2ccc(Cl)cc2)n[nH]1. The van der Waals surface area contributed by atoms with E-state index in [0.717, 1.165) is 16.0 Å². The summed E-state index contributed by atoms with van der Waals surface area (Å²) in [6, 6.07) is 20.5. The van der Waals surface area contributed by atoms with E-state index < -0.39 is 0 Å². The van der Waals surface area contributed by atoms with E-state index in [1.54, 1.807) is 12.3 Å². The van der Waals surface area contributed by atoms with Crippen LogP contribution in [-0.4, -0.2) is 22.3 Å². The van der Waals surface area contributed by atoms with Crippen LogP contribution in [0, 0.1) is 0 Å². The molecule has 4 rings (SSSR count). The molecule has 1 amide bonds. The van der Waals surface area contributed by atoms with Crippen molar-refractivity contribution in [2.24, 2.45) is 5.10 Å². The molecule has 4 aromatic rings. The van der Waals surface area contributed by atoms with Crippen molar-refractivity contribution in [2.45, 2.75) is 6.61 Å². The van der Waals surface area contributed by atoms with Gasteiger partial charge in [-0.25, -0.2) is 5.43 Å². The Kier molecular flexibility index (Phi) is 6.22. The first kappa shape index (κ1) is 19.9. The fourth-order valence-corrected chi connectivity index (χ4v) is 3.41. The summed E-state index contributed by atoms with van der Waals surface area (Å²) >= 11 is 7.46. The van der Waals surface area contributed by atoms with Crippen molar-refractivity contribution >= 4 is 35.1 Å². The van der Waals surface area contributed by atoms with E-state index in [4.69, 9.17) is 16.3 Å². The number of rotatable bonds is 7. The molecule has 0 fully saturated rings. The minimum Gasteiger partial charge on any atom is -0.488 e. The zero-order valence-electron chi connectivity index (χ0n) is 15.7. The summed E-state index contributed by atoms with van der Waals surface area (Å²) in [6.45, 7) is 0.392. The summed E-state index contributed by atoms with van der Waals surface area (Å²) < 4.78 is 5.97. The number of aromatic nitrogens is 2. The number of aromatic amines is 1. The topological polar surface area (TPSA) is 79.4 Å². The number of hydrazone groups is 1. The minimum absolute atomic E-state index is 0.306. The zero-order chi connectivity index (χ0) is 20.8. The molecular formula is C22H17ClN4O2S. The number of amides is 1. The second-order valence-electron chi connectivity index (χ2n) is 6.29. The van der Waals surface area contributed by atoms with Crippen LogP contribution >= 0.6 is 22.9 Å². The Morgan fingerprint density at radius 1 is 1.17 bits per heavy atom. The van der Waals surface area contributed by atoms with Gasteiger partial charge in [0.1, 0.15) is 18.1 Å². The average molecular weight is 437 g/mol. The maximum Gasteiger partial charge on any atom is 0.289 e. The number of ether oxygens (including phenoxy) is 1. The van der Waals surface area contributed by atoms with Gasteiger partial charge in [-0.1, -0.05) is 41.9 Å². The summed E-state index contributed by atoms with van der Waals surface area (Å²) in [4.78, 5) is 13.3. The number of hydrogen-bond donors (Lipinski definition) is 2. The second-order valence-corrected chi connectivity index (χ2v) is 7.71. The summed E-state index contributed by atoms with van der Waals surface area (Å²) in [5.41, 5.74) is 5.18. The lowest BCUT2D eigenvalue weighted by Gasteiger charge is -2.10. The van der Waals surface area contributed by atoms with Crippen molar-refractivity contribution in [2.75, 3.05) is 0 Å². The number of carbonyl (C=O) groups excluding carboxylic acids is 1. The number of H-pyrrole nitrogens is 1. The Labute approximate surface area is 182 Å². The molecule has 0 bridgehead atoms. The van der Waals surface area contributed by atoms with Gasteiger partial charge in [0.25, 0.3) is 5.91 Å². The van der Waals surface area contributed by atoms with Crippen molar-refractivity contribution in [1.82, 2.24) is 15.6 Å².